The summed E-state index contributed by atoms with van der Waals surface area (Å²) in [6, 6.07) is 11.7. The molecule has 2 N–H and O–H groups in total. The lowest BCUT2D eigenvalue weighted by Gasteiger charge is -2.28. The number of methoxy groups -OCH3 is 1. The molecule has 0 aliphatic carbocycles. The van der Waals surface area contributed by atoms with E-state index >= 15 is 0 Å². The Balaban J connectivity index is 1.52. The molecule has 2 aliphatic rings. The van der Waals surface area contributed by atoms with Crippen molar-refractivity contribution in [2.24, 2.45) is 0 Å². The molecule has 1 fully saturated rings. The summed E-state index contributed by atoms with van der Waals surface area (Å²) in [6.07, 6.45) is 3.72. The van der Waals surface area contributed by atoms with Crippen molar-refractivity contribution in [3.05, 3.63) is 65.0 Å². The molecule has 0 amide bonds. The zero-order valence-corrected chi connectivity index (χ0v) is 16.3. The highest BCUT2D eigenvalue weighted by Crippen LogP contribution is 2.40. The van der Waals surface area contributed by atoms with E-state index in [-0.39, 0.29) is 5.78 Å². The Morgan fingerprint density at radius 2 is 2.00 bits per heavy atom. The number of nitrogens with zero attached hydrogens (tertiary/aromatic N) is 1. The maximum absolute atomic E-state index is 13.0. The third-order valence-corrected chi connectivity index (χ3v) is 5.62. The summed E-state index contributed by atoms with van der Waals surface area (Å²) in [6.45, 7) is 4.53. The van der Waals surface area contributed by atoms with Gasteiger partial charge in [0.25, 0.3) is 0 Å². The first kappa shape index (κ1) is 18.0. The molecule has 1 saturated heterocycles. The number of para-hydroxylation sites is 1. The van der Waals surface area contributed by atoms with Crippen LogP contribution in [0.25, 0.3) is 17.0 Å². The van der Waals surface area contributed by atoms with Gasteiger partial charge in [0.05, 0.1) is 18.2 Å². The lowest BCUT2D eigenvalue weighted by Crippen LogP contribution is -2.43. The summed E-state index contributed by atoms with van der Waals surface area (Å²) in [4.78, 5) is 18.6. The number of carbonyl (C=O) groups excluding carboxylic acids is 1. The fourth-order valence-corrected chi connectivity index (χ4v) is 4.08. The second kappa shape index (κ2) is 7.39. The lowest BCUT2D eigenvalue weighted by molar-refractivity contribution is 0.101. The van der Waals surface area contributed by atoms with Gasteiger partial charge in [0.2, 0.25) is 5.78 Å². The molecule has 3 heterocycles. The number of allylic oxidation sites excluding steroid dienone is 1. The summed E-state index contributed by atoms with van der Waals surface area (Å²) in [5, 5.41) is 4.43. The van der Waals surface area contributed by atoms with Crippen molar-refractivity contribution < 1.29 is 14.3 Å². The van der Waals surface area contributed by atoms with Crippen LogP contribution in [0.3, 0.4) is 0 Å². The maximum atomic E-state index is 13.0. The normalized spacial score (nSPS) is 18.2. The first-order valence-corrected chi connectivity index (χ1v) is 9.88. The second-order valence-corrected chi connectivity index (χ2v) is 7.38. The van der Waals surface area contributed by atoms with Gasteiger partial charge in [-0.1, -0.05) is 18.2 Å². The monoisotopic (exact) mass is 389 g/mol. The Hall–Kier alpha value is -3.09. The number of ether oxygens (including phenoxy) is 2. The molecule has 29 heavy (non-hydrogen) atoms. The van der Waals surface area contributed by atoms with Crippen LogP contribution in [-0.4, -0.2) is 49.0 Å². The third-order valence-electron chi connectivity index (χ3n) is 5.62. The summed E-state index contributed by atoms with van der Waals surface area (Å²) in [5.41, 5.74) is 3.50. The fraction of sp³-hybridized carbons (Fsp3) is 0.261. The van der Waals surface area contributed by atoms with Gasteiger partial charge in [0.15, 0.2) is 5.76 Å². The van der Waals surface area contributed by atoms with Crippen LogP contribution in [0.1, 0.15) is 21.5 Å². The van der Waals surface area contributed by atoms with Crippen molar-refractivity contribution in [1.29, 1.82) is 0 Å². The predicted molar refractivity (Wildman–Crippen MR) is 112 cm³/mol. The third kappa shape index (κ3) is 3.20. The van der Waals surface area contributed by atoms with Gasteiger partial charge in [-0.2, -0.15) is 0 Å². The molecule has 0 saturated carbocycles. The maximum Gasteiger partial charge on any atom is 0.231 e. The quantitative estimate of drug-likeness (QED) is 0.671. The fourth-order valence-electron chi connectivity index (χ4n) is 4.08. The molecule has 148 valence electrons. The minimum Gasteiger partial charge on any atom is -0.496 e. The number of aromatic nitrogens is 1. The van der Waals surface area contributed by atoms with Crippen molar-refractivity contribution in [3.63, 3.8) is 0 Å². The van der Waals surface area contributed by atoms with Crippen LogP contribution in [0.4, 0.5) is 0 Å². The van der Waals surface area contributed by atoms with Crippen molar-refractivity contribution in [2.75, 3.05) is 33.3 Å². The van der Waals surface area contributed by atoms with Gasteiger partial charge < -0.3 is 19.8 Å². The van der Waals surface area contributed by atoms with Gasteiger partial charge in [0.1, 0.15) is 11.5 Å². The van der Waals surface area contributed by atoms with Crippen LogP contribution in [-0.2, 0) is 6.54 Å². The average molecular weight is 389 g/mol. The molecule has 3 aromatic rings. The number of Topliss-reactive ketones (excluding diaryl/α,β-unsaturated/α-hetero) is 1. The summed E-state index contributed by atoms with van der Waals surface area (Å²) < 4.78 is 11.7. The molecular formula is C23H23N3O3. The number of rotatable bonds is 4. The number of hydrogen-bond donors (Lipinski definition) is 2. The number of hydrogen-bond acceptors (Lipinski definition) is 5. The minimum atomic E-state index is -0.0884. The van der Waals surface area contributed by atoms with E-state index in [1.165, 1.54) is 0 Å². The molecule has 0 radical (unpaired) electrons. The van der Waals surface area contributed by atoms with Crippen molar-refractivity contribution in [1.82, 2.24) is 15.2 Å². The summed E-state index contributed by atoms with van der Waals surface area (Å²) in [5.74, 6) is 1.64. The van der Waals surface area contributed by atoms with E-state index in [9.17, 15) is 4.79 Å². The van der Waals surface area contributed by atoms with Crippen LogP contribution >= 0.6 is 0 Å². The standard InChI is InChI=1S/C23H23N3O3/c1-28-20-7-6-17-22(27)21(12-15-13-25-19-5-3-2-4-16(15)19)29-23(17)18(20)14-26-10-8-24-9-11-26/h2-7,12-13,24-25H,8-11,14H2,1H3. The number of ketones is 1. The minimum absolute atomic E-state index is 0.0884. The molecule has 6 heteroatoms. The molecule has 2 aliphatic heterocycles. The van der Waals surface area contributed by atoms with Crippen LogP contribution in [0.15, 0.2) is 48.4 Å². The topological polar surface area (TPSA) is 66.6 Å². The summed E-state index contributed by atoms with van der Waals surface area (Å²) in [7, 11) is 1.66. The number of fused-ring (bicyclic) bond motifs is 2. The van der Waals surface area contributed by atoms with E-state index in [0.29, 0.717) is 23.6 Å². The molecule has 6 nitrogen and oxygen atoms in total. The van der Waals surface area contributed by atoms with E-state index in [1.807, 2.05) is 42.6 Å². The Morgan fingerprint density at radius 1 is 1.17 bits per heavy atom. The second-order valence-electron chi connectivity index (χ2n) is 7.38. The van der Waals surface area contributed by atoms with Gasteiger partial charge in [-0.15, -0.1) is 0 Å². The number of aromatic amines is 1. The van der Waals surface area contributed by atoms with E-state index in [4.69, 9.17) is 9.47 Å². The largest absolute Gasteiger partial charge is 0.496 e. The molecule has 0 bridgehead atoms. The highest BCUT2D eigenvalue weighted by Gasteiger charge is 2.32. The Kier molecular flexibility index (Phi) is 4.58. The highest BCUT2D eigenvalue weighted by molar-refractivity contribution is 6.15. The lowest BCUT2D eigenvalue weighted by atomic mass is 10.0. The van der Waals surface area contributed by atoms with Crippen molar-refractivity contribution >= 4 is 22.8 Å². The number of piperazine rings is 1. The Morgan fingerprint density at radius 3 is 2.83 bits per heavy atom. The van der Waals surface area contributed by atoms with E-state index < -0.39 is 0 Å². The highest BCUT2D eigenvalue weighted by atomic mass is 16.5. The Labute approximate surface area is 169 Å². The van der Waals surface area contributed by atoms with Crippen molar-refractivity contribution in [3.8, 4) is 11.5 Å². The van der Waals surface area contributed by atoms with Gasteiger partial charge in [-0.05, 0) is 24.3 Å². The van der Waals surface area contributed by atoms with Gasteiger partial charge in [-0.25, -0.2) is 0 Å². The first-order chi connectivity index (χ1) is 14.2. The number of benzene rings is 2. The molecule has 0 spiro atoms. The predicted octanol–water partition coefficient (Wildman–Crippen LogP) is 3.20. The molecular weight excluding hydrogens is 366 g/mol. The first-order valence-electron chi connectivity index (χ1n) is 9.88. The van der Waals surface area contributed by atoms with E-state index in [1.54, 1.807) is 13.2 Å². The van der Waals surface area contributed by atoms with E-state index in [0.717, 1.165) is 54.0 Å². The van der Waals surface area contributed by atoms with Crippen LogP contribution < -0.4 is 14.8 Å². The van der Waals surface area contributed by atoms with Crippen LogP contribution in [0.2, 0.25) is 0 Å². The number of nitrogens with one attached hydrogen (secondary N) is 2. The van der Waals surface area contributed by atoms with E-state index in [2.05, 4.69) is 15.2 Å². The smallest absolute Gasteiger partial charge is 0.231 e. The van der Waals surface area contributed by atoms with Gasteiger partial charge in [-0.3, -0.25) is 9.69 Å². The Bertz CT molecular complexity index is 1110. The zero-order valence-electron chi connectivity index (χ0n) is 16.3. The van der Waals surface area contributed by atoms with Crippen LogP contribution in [0.5, 0.6) is 11.5 Å². The molecule has 0 atom stereocenters. The average Bonchev–Trinajstić information content (AvgIpc) is 3.31. The van der Waals surface area contributed by atoms with Gasteiger partial charge >= 0.3 is 0 Å². The SMILES string of the molecule is COc1ccc2c(c1CN1CCNCC1)OC(=Cc1c[nH]c3ccccc13)C2=O. The molecule has 1 aromatic heterocycles. The number of carbonyl (C=O) groups is 1. The molecule has 2 aromatic carbocycles. The van der Waals surface area contributed by atoms with Gasteiger partial charge in [0, 0.05) is 55.4 Å². The zero-order chi connectivity index (χ0) is 19.8. The van der Waals surface area contributed by atoms with Crippen LogP contribution in [0, 0.1) is 0 Å². The molecule has 5 rings (SSSR count). The van der Waals surface area contributed by atoms with Crippen molar-refractivity contribution in [2.45, 2.75) is 6.54 Å². The molecule has 0 unspecified atom stereocenters. The summed E-state index contributed by atoms with van der Waals surface area (Å²) >= 11 is 0. The number of H-pyrrole nitrogens is 1.